The van der Waals surface area contributed by atoms with Gasteiger partial charge in [0.2, 0.25) is 10.0 Å². The lowest BCUT2D eigenvalue weighted by atomic mass is 10.2. The van der Waals surface area contributed by atoms with Gasteiger partial charge in [-0.1, -0.05) is 0 Å². The third-order valence-corrected chi connectivity index (χ3v) is 6.89. The van der Waals surface area contributed by atoms with Crippen LogP contribution in [0, 0.1) is 0 Å². The maximum absolute atomic E-state index is 12.2. The fourth-order valence-electron chi connectivity index (χ4n) is 1.54. The summed E-state index contributed by atoms with van der Waals surface area (Å²) in [6.45, 7) is 0.160. The molecule has 0 amide bonds. The minimum atomic E-state index is -3.73. The van der Waals surface area contributed by atoms with Crippen LogP contribution < -0.4 is 4.72 Å². The molecule has 21 heavy (non-hydrogen) atoms. The minimum absolute atomic E-state index is 0.000165. The minimum Gasteiger partial charge on any atom is -0.478 e. The molecule has 112 valence electrons. The van der Waals surface area contributed by atoms with Crippen molar-refractivity contribution in [2.75, 3.05) is 0 Å². The van der Waals surface area contributed by atoms with Gasteiger partial charge in [-0.3, -0.25) is 0 Å². The fourth-order valence-corrected chi connectivity index (χ4v) is 5.14. The standard InChI is InChI=1S/C12H9Br2NO4S2/c13-8-3-4-20-10(8)6-15-21(18,19)11-2-1-7(12(16)17)5-9(11)14/h1-5,15H,6H2,(H,16,17). The molecule has 9 heteroatoms. The van der Waals surface area contributed by atoms with Crippen LogP contribution in [0.5, 0.6) is 0 Å². The Morgan fingerprint density at radius 3 is 2.48 bits per heavy atom. The topological polar surface area (TPSA) is 83.5 Å². The highest BCUT2D eigenvalue weighted by atomic mass is 79.9. The molecule has 0 bridgehead atoms. The molecular weight excluding hydrogens is 446 g/mol. The Bertz CT molecular complexity index is 786. The number of hydrogen-bond acceptors (Lipinski definition) is 4. The van der Waals surface area contributed by atoms with Gasteiger partial charge in [0.15, 0.2) is 0 Å². The van der Waals surface area contributed by atoms with E-state index in [-0.39, 0.29) is 21.5 Å². The quantitative estimate of drug-likeness (QED) is 0.724. The van der Waals surface area contributed by atoms with Crippen LogP contribution >= 0.6 is 43.2 Å². The van der Waals surface area contributed by atoms with Crippen LogP contribution in [-0.4, -0.2) is 19.5 Å². The van der Waals surface area contributed by atoms with Crippen molar-refractivity contribution >= 4 is 59.2 Å². The van der Waals surface area contributed by atoms with Gasteiger partial charge < -0.3 is 5.11 Å². The third kappa shape index (κ3) is 3.92. The van der Waals surface area contributed by atoms with Crippen LogP contribution in [0.15, 0.2) is 43.5 Å². The van der Waals surface area contributed by atoms with Crippen molar-refractivity contribution in [3.05, 3.63) is 49.0 Å². The van der Waals surface area contributed by atoms with Gasteiger partial charge in [0, 0.05) is 20.4 Å². The van der Waals surface area contributed by atoms with Gasteiger partial charge in [0.1, 0.15) is 0 Å². The van der Waals surface area contributed by atoms with E-state index < -0.39 is 16.0 Å². The predicted molar refractivity (Wildman–Crippen MR) is 87.1 cm³/mol. The zero-order valence-electron chi connectivity index (χ0n) is 10.3. The molecule has 0 unspecified atom stereocenters. The monoisotopic (exact) mass is 453 g/mol. The Kier molecular flexibility index (Phi) is 5.20. The highest BCUT2D eigenvalue weighted by Crippen LogP contribution is 2.25. The first kappa shape index (κ1) is 16.6. The number of sulfonamides is 1. The van der Waals surface area contributed by atoms with E-state index in [1.54, 1.807) is 0 Å². The van der Waals surface area contributed by atoms with Gasteiger partial charge in [-0.15, -0.1) is 11.3 Å². The molecule has 1 aromatic heterocycles. The van der Waals surface area contributed by atoms with E-state index in [9.17, 15) is 13.2 Å². The molecule has 0 radical (unpaired) electrons. The molecule has 5 nitrogen and oxygen atoms in total. The SMILES string of the molecule is O=C(O)c1ccc(S(=O)(=O)NCc2sccc2Br)c(Br)c1. The van der Waals surface area contributed by atoms with Crippen LogP contribution in [0.25, 0.3) is 0 Å². The summed E-state index contributed by atoms with van der Waals surface area (Å²) in [5.41, 5.74) is 0.0156. The largest absolute Gasteiger partial charge is 0.478 e. The Morgan fingerprint density at radius 2 is 1.95 bits per heavy atom. The molecule has 0 spiro atoms. The summed E-state index contributed by atoms with van der Waals surface area (Å²) < 4.78 is 28.0. The van der Waals surface area contributed by atoms with Crippen molar-refractivity contribution < 1.29 is 18.3 Å². The summed E-state index contributed by atoms with van der Waals surface area (Å²) in [6, 6.07) is 5.62. The number of halogens is 2. The maximum Gasteiger partial charge on any atom is 0.335 e. The Balaban J connectivity index is 2.23. The first-order valence-electron chi connectivity index (χ1n) is 5.55. The molecule has 0 saturated heterocycles. The second kappa shape index (κ2) is 6.57. The molecule has 1 aromatic carbocycles. The second-order valence-corrected chi connectivity index (χ2v) is 8.41. The van der Waals surface area contributed by atoms with Gasteiger partial charge in [0.05, 0.1) is 10.5 Å². The van der Waals surface area contributed by atoms with Gasteiger partial charge >= 0.3 is 5.97 Å². The van der Waals surface area contributed by atoms with Crippen molar-refractivity contribution in [1.82, 2.24) is 4.72 Å². The number of thiophene rings is 1. The molecule has 0 saturated carbocycles. The van der Waals surface area contributed by atoms with Crippen molar-refractivity contribution in [2.24, 2.45) is 0 Å². The van der Waals surface area contributed by atoms with Crippen molar-refractivity contribution in [2.45, 2.75) is 11.4 Å². The zero-order valence-corrected chi connectivity index (χ0v) is 15.1. The lowest BCUT2D eigenvalue weighted by Crippen LogP contribution is -2.23. The Morgan fingerprint density at radius 1 is 1.24 bits per heavy atom. The number of hydrogen-bond donors (Lipinski definition) is 2. The molecule has 0 aliphatic carbocycles. The number of carboxylic acids is 1. The Hall–Kier alpha value is -0.740. The molecule has 0 fully saturated rings. The summed E-state index contributed by atoms with van der Waals surface area (Å²) in [7, 11) is -3.73. The highest BCUT2D eigenvalue weighted by molar-refractivity contribution is 9.10. The number of aromatic carboxylic acids is 1. The van der Waals surface area contributed by atoms with E-state index in [1.165, 1.54) is 29.5 Å². The van der Waals surface area contributed by atoms with E-state index in [4.69, 9.17) is 5.11 Å². The lowest BCUT2D eigenvalue weighted by Gasteiger charge is -2.08. The van der Waals surface area contributed by atoms with Gasteiger partial charge in [-0.2, -0.15) is 0 Å². The normalized spacial score (nSPS) is 11.5. The number of benzene rings is 1. The van der Waals surface area contributed by atoms with Crippen LogP contribution in [0.1, 0.15) is 15.2 Å². The van der Waals surface area contributed by atoms with E-state index >= 15 is 0 Å². The summed E-state index contributed by atoms with van der Waals surface area (Å²) in [6.07, 6.45) is 0. The summed E-state index contributed by atoms with van der Waals surface area (Å²) in [5.74, 6) is -1.12. The molecule has 2 rings (SSSR count). The molecule has 0 aliphatic heterocycles. The van der Waals surface area contributed by atoms with Crippen molar-refractivity contribution in [3.8, 4) is 0 Å². The second-order valence-electron chi connectivity index (χ2n) is 3.97. The maximum atomic E-state index is 12.2. The average molecular weight is 455 g/mol. The number of nitrogens with one attached hydrogen (secondary N) is 1. The van der Waals surface area contributed by atoms with Gasteiger partial charge in [0.25, 0.3) is 0 Å². The van der Waals surface area contributed by atoms with Crippen LogP contribution in [0.2, 0.25) is 0 Å². The zero-order chi connectivity index (χ0) is 15.6. The first-order valence-corrected chi connectivity index (χ1v) is 9.50. The fraction of sp³-hybridized carbons (Fsp3) is 0.0833. The van der Waals surface area contributed by atoms with E-state index in [0.717, 1.165) is 9.35 Å². The summed E-state index contributed by atoms with van der Waals surface area (Å²) in [4.78, 5) is 11.7. The number of carbonyl (C=O) groups is 1. The molecule has 2 aromatic rings. The average Bonchev–Trinajstić information content (AvgIpc) is 2.81. The summed E-state index contributed by atoms with van der Waals surface area (Å²) >= 11 is 7.86. The smallest absolute Gasteiger partial charge is 0.335 e. The lowest BCUT2D eigenvalue weighted by molar-refractivity contribution is 0.0696. The Labute approximate surface area is 142 Å². The first-order chi connectivity index (χ1) is 9.81. The van der Waals surface area contributed by atoms with Crippen molar-refractivity contribution in [1.29, 1.82) is 0 Å². The van der Waals surface area contributed by atoms with Gasteiger partial charge in [-0.25, -0.2) is 17.9 Å². The number of rotatable bonds is 5. The molecular formula is C12H9Br2NO4S2. The molecule has 2 N–H and O–H groups in total. The highest BCUT2D eigenvalue weighted by Gasteiger charge is 2.19. The van der Waals surface area contributed by atoms with Crippen molar-refractivity contribution in [3.63, 3.8) is 0 Å². The molecule has 1 heterocycles. The van der Waals surface area contributed by atoms with Crippen LogP contribution in [0.3, 0.4) is 0 Å². The van der Waals surface area contributed by atoms with E-state index in [2.05, 4.69) is 36.6 Å². The molecule has 0 aliphatic rings. The molecule has 0 atom stereocenters. The van der Waals surface area contributed by atoms with Crippen LogP contribution in [0.4, 0.5) is 0 Å². The van der Waals surface area contributed by atoms with E-state index in [0.29, 0.717) is 0 Å². The van der Waals surface area contributed by atoms with Gasteiger partial charge in [-0.05, 0) is 61.5 Å². The van der Waals surface area contributed by atoms with Crippen LogP contribution in [-0.2, 0) is 16.6 Å². The predicted octanol–water partition coefficient (Wildman–Crippen LogP) is 3.45. The third-order valence-electron chi connectivity index (χ3n) is 2.58. The number of carboxylic acid groups (broad SMARTS) is 1. The summed E-state index contributed by atoms with van der Waals surface area (Å²) in [5, 5.41) is 10.7. The van der Waals surface area contributed by atoms with E-state index in [1.807, 2.05) is 11.4 Å².